The van der Waals surface area contributed by atoms with E-state index in [-0.39, 0.29) is 5.41 Å². The maximum Gasteiger partial charge on any atom is 0.119 e. The molecule has 14 aromatic rings. The van der Waals surface area contributed by atoms with Gasteiger partial charge in [-0.25, -0.2) is 19.9 Å². The van der Waals surface area contributed by atoms with Crippen LogP contribution in [-0.2, 0) is 12.5 Å². The van der Waals surface area contributed by atoms with Crippen molar-refractivity contribution < 1.29 is 4.42 Å². The normalized spacial score (nSPS) is 7.74. The van der Waals surface area contributed by atoms with Crippen molar-refractivity contribution in [3.63, 3.8) is 0 Å². The monoisotopic (exact) mass is 1650 g/mol. The molecule has 0 atom stereocenters. The van der Waals surface area contributed by atoms with Gasteiger partial charge in [0.25, 0.3) is 0 Å². The summed E-state index contributed by atoms with van der Waals surface area (Å²) >= 11 is 1.71. The molecule has 666 valence electrons. The van der Waals surface area contributed by atoms with Crippen molar-refractivity contribution in [3.05, 3.63) is 380 Å². The molecule has 0 aliphatic rings. The van der Waals surface area contributed by atoms with Crippen LogP contribution in [-0.4, -0.2) is 29.5 Å². The first-order valence-corrected chi connectivity index (χ1v) is 46.3. The van der Waals surface area contributed by atoms with Crippen LogP contribution in [0.25, 0.3) is 32.9 Å². The predicted octanol–water partition coefficient (Wildman–Crippen LogP) is 38.1. The van der Waals surface area contributed by atoms with E-state index in [0.717, 1.165) is 11.0 Å². The van der Waals surface area contributed by atoms with Crippen molar-refractivity contribution in [2.24, 2.45) is 7.05 Å². The van der Waals surface area contributed by atoms with Gasteiger partial charge in [0.05, 0.1) is 23.6 Å². The lowest BCUT2D eigenvalue weighted by atomic mass is 9.78. The minimum atomic E-state index is 0.0858. The lowest BCUT2D eigenvalue weighted by Gasteiger charge is -2.25. The van der Waals surface area contributed by atoms with Crippen LogP contribution in [0.2, 0.25) is 0 Å². The zero-order valence-corrected chi connectivity index (χ0v) is 84.5. The van der Waals surface area contributed by atoms with Crippen LogP contribution < -0.4 is 0 Å². The van der Waals surface area contributed by atoms with Gasteiger partial charge < -0.3 is 8.98 Å². The van der Waals surface area contributed by atoms with Crippen molar-refractivity contribution in [1.29, 1.82) is 0 Å². The number of aryl methyl sites for hydroxylation is 1. The van der Waals surface area contributed by atoms with E-state index < -0.39 is 0 Å². The molecule has 6 aromatic heterocycles. The Morgan fingerprint density at radius 2 is 0.529 bits per heavy atom. The zero-order valence-electron chi connectivity index (χ0n) is 83.6. The number of furan rings is 1. The molecule has 0 unspecified atom stereocenters. The molecule has 14 rings (SSSR count). The molecule has 119 heavy (non-hydrogen) atoms. The Balaban J connectivity index is -0.0000000936. The van der Waals surface area contributed by atoms with Crippen LogP contribution in [0, 0.1) is 0 Å². The van der Waals surface area contributed by atoms with Gasteiger partial charge in [0, 0.05) is 53.9 Å². The molecule has 8 aromatic carbocycles. The molecular formula is C111H180N6OS. The molecule has 0 spiro atoms. The highest BCUT2D eigenvalue weighted by Crippen LogP contribution is 2.31. The van der Waals surface area contributed by atoms with Gasteiger partial charge in [0.2, 0.25) is 0 Å². The molecule has 0 radical (unpaired) electrons. The highest BCUT2D eigenvalue weighted by Gasteiger charge is 2.22. The van der Waals surface area contributed by atoms with E-state index in [1.807, 2.05) is 387 Å². The van der Waals surface area contributed by atoms with Crippen molar-refractivity contribution in [2.45, 2.75) is 281 Å². The summed E-state index contributed by atoms with van der Waals surface area (Å²) in [6, 6.07) is 99.2. The van der Waals surface area contributed by atoms with Crippen LogP contribution in [0.15, 0.2) is 363 Å². The summed E-state index contributed by atoms with van der Waals surface area (Å²) in [5.74, 6) is 0.484. The van der Waals surface area contributed by atoms with E-state index in [1.165, 1.54) is 63.1 Å². The van der Waals surface area contributed by atoms with Gasteiger partial charge in [-0.15, -0.1) is 0 Å². The number of pyridine rings is 2. The minimum Gasteiger partial charge on any atom is -0.473 e. The van der Waals surface area contributed by atoms with Crippen molar-refractivity contribution >= 4 is 33.1 Å². The molecule has 8 heteroatoms. The highest BCUT2D eigenvalue weighted by molar-refractivity contribution is 7.07. The number of fused-ring (bicyclic) bond motifs is 2. The second-order valence-electron chi connectivity index (χ2n) is 18.8. The fourth-order valence-corrected chi connectivity index (χ4v) is 8.38. The van der Waals surface area contributed by atoms with Gasteiger partial charge in [-0.2, -0.15) is 11.3 Å². The molecule has 6 heterocycles. The number of aromatic nitrogens is 6. The molecule has 0 saturated heterocycles. The van der Waals surface area contributed by atoms with Crippen LogP contribution in [0.5, 0.6) is 0 Å². The summed E-state index contributed by atoms with van der Waals surface area (Å²) in [6.45, 7) is 78.8. The Kier molecular flexibility index (Phi) is 149. The maximum absolute atomic E-state index is 4.58. The number of rotatable bonds is 5. The second-order valence-corrected chi connectivity index (χ2v) is 19.6. The molecule has 0 saturated carbocycles. The summed E-state index contributed by atoms with van der Waals surface area (Å²) in [7, 11) is 2.00. The molecule has 0 N–H and O–H groups in total. The summed E-state index contributed by atoms with van der Waals surface area (Å²) in [6.07, 6.45) is 15.1. The van der Waals surface area contributed by atoms with E-state index in [2.05, 4.69) is 238 Å². The molecule has 0 amide bonds. The van der Waals surface area contributed by atoms with Crippen LogP contribution in [0.3, 0.4) is 0 Å². The standard InChI is InChI=1S/C15H16.C14H14.C13H9N.C12H10.C5H7N.C5H5N.C4H4O.C4H4S.C3H3N3.18C2H6/c1-15(2,13-9-5-3-6-10-13)14-11-7-4-8-12-14;1-12(13-8-4-2-5-9-13)14-10-6-3-7-11-14;1-3-7-12-10(5-1)9-11-6-2-4-8-13(11)14-12;1-3-7-11(8-4-1)12-9-5-2-6-10-12;1-6-4-2-3-5-6;1-2-4-6-5-3-1;2*1-2-4-5-3-1;1-4-2-6-3-5-1;18*1-2/h3-12H,1-2H3;2-12H,1H3;1-9H;1-10H;2-5H,1H3;1-5H;2*1-4H;1-3H;18*1-2H3. The Morgan fingerprint density at radius 3 is 0.739 bits per heavy atom. The summed E-state index contributed by atoms with van der Waals surface area (Å²) in [5, 5.41) is 6.48. The molecule has 0 bridgehead atoms. The number of hydrogen-bond donors (Lipinski definition) is 0. The number of nitrogens with zero attached hydrogens (tertiary/aromatic N) is 6. The van der Waals surface area contributed by atoms with Crippen molar-refractivity contribution in [3.8, 4) is 11.1 Å². The molecule has 0 aliphatic carbocycles. The first kappa shape index (κ1) is 138. The van der Waals surface area contributed by atoms with Gasteiger partial charge in [-0.3, -0.25) is 4.98 Å². The fourth-order valence-electron chi connectivity index (χ4n) is 7.93. The topological polar surface area (TPSA) is 82.5 Å². The largest absolute Gasteiger partial charge is 0.473 e. The summed E-state index contributed by atoms with van der Waals surface area (Å²) < 4.78 is 6.58. The Bertz CT molecular complexity index is 3330. The number of benzene rings is 8. The van der Waals surface area contributed by atoms with E-state index in [4.69, 9.17) is 0 Å². The average molecular weight is 1650 g/mol. The third-order valence-corrected chi connectivity index (χ3v) is 13.1. The summed E-state index contributed by atoms with van der Waals surface area (Å²) in [5.41, 5.74) is 10.2. The van der Waals surface area contributed by atoms with Gasteiger partial charge >= 0.3 is 0 Å². The molecule has 7 nitrogen and oxygen atoms in total. The van der Waals surface area contributed by atoms with Crippen molar-refractivity contribution in [1.82, 2.24) is 29.5 Å². The number of thiophene rings is 1. The maximum atomic E-state index is 4.58. The lowest BCUT2D eigenvalue weighted by molar-refractivity contribution is 0.567. The van der Waals surface area contributed by atoms with E-state index >= 15 is 0 Å². The Morgan fingerprint density at radius 1 is 0.277 bits per heavy atom. The van der Waals surface area contributed by atoms with E-state index in [0.29, 0.717) is 5.92 Å². The minimum absolute atomic E-state index is 0.0858. The Hall–Kier alpha value is -10.2. The van der Waals surface area contributed by atoms with E-state index in [1.54, 1.807) is 36.3 Å². The molecule has 0 fully saturated rings. The van der Waals surface area contributed by atoms with Gasteiger partial charge in [-0.1, -0.05) is 507 Å². The third kappa shape index (κ3) is 82.7. The van der Waals surface area contributed by atoms with Crippen LogP contribution in [0.1, 0.15) is 298 Å². The number of hydrogen-bond acceptors (Lipinski definition) is 7. The average Bonchev–Trinajstić information content (AvgIpc) is 1.79. The van der Waals surface area contributed by atoms with Gasteiger partial charge in [0.15, 0.2) is 0 Å². The van der Waals surface area contributed by atoms with E-state index in [9.17, 15) is 0 Å². The van der Waals surface area contributed by atoms with Gasteiger partial charge in [0.1, 0.15) is 19.0 Å². The smallest absolute Gasteiger partial charge is 0.119 e. The first-order valence-electron chi connectivity index (χ1n) is 45.4. The quantitative estimate of drug-likeness (QED) is 0.160. The molecular weight excluding hydrogens is 1470 g/mol. The predicted molar refractivity (Wildman–Crippen MR) is 553 cm³/mol. The third-order valence-electron chi connectivity index (χ3n) is 12.5. The second kappa shape index (κ2) is 129. The number of para-hydroxylation sites is 2. The highest BCUT2D eigenvalue weighted by atomic mass is 32.1. The van der Waals surface area contributed by atoms with Crippen molar-refractivity contribution in [2.75, 3.05) is 0 Å². The molecule has 0 aliphatic heterocycles. The van der Waals surface area contributed by atoms with Gasteiger partial charge in [-0.05, 0) is 98.7 Å². The van der Waals surface area contributed by atoms with Crippen LogP contribution in [0.4, 0.5) is 0 Å². The fraction of sp³-hybridized carbons (Fsp3) is 0.378. The lowest BCUT2D eigenvalue weighted by Crippen LogP contribution is -2.18. The Labute approximate surface area is 742 Å². The SMILES string of the molecule is CC.CC.CC.CC.CC.CC.CC.CC.CC.CC.CC.CC.CC.CC.CC.CC.CC.CC.CC(C)(c1ccccc1)c1ccccc1.CC(c1ccccc1)c1ccccc1.Cn1cccc1.c1ccc(-c2ccccc2)cc1.c1ccc2nc3ccccc3cc2c1.c1ccncc1.c1ccoc1.c1ccsc1.c1ncncn1. The first-order chi connectivity index (χ1) is 58.9. The zero-order chi connectivity index (χ0) is 94.1. The summed E-state index contributed by atoms with van der Waals surface area (Å²) in [4.78, 5) is 19.0. The van der Waals surface area contributed by atoms with Crippen LogP contribution >= 0.6 is 11.3 Å².